The third-order valence-corrected chi connectivity index (χ3v) is 5.18. The molecule has 3 rings (SSSR count). The summed E-state index contributed by atoms with van der Waals surface area (Å²) >= 11 is 6.07. The lowest BCUT2D eigenvalue weighted by Crippen LogP contribution is -2.40. The van der Waals surface area contributed by atoms with Gasteiger partial charge >= 0.3 is 0 Å². The molecule has 1 aliphatic heterocycles. The Hall–Kier alpha value is -2.45. The Morgan fingerprint density at radius 3 is 2.65 bits per heavy atom. The molecular weight excluding hydrogens is 380 g/mol. The van der Waals surface area contributed by atoms with E-state index >= 15 is 0 Å². The quantitative estimate of drug-likeness (QED) is 0.808. The fourth-order valence-electron chi connectivity index (χ4n) is 2.47. The summed E-state index contributed by atoms with van der Waals surface area (Å²) in [5.41, 5.74) is 1.07. The van der Waals surface area contributed by atoms with Crippen molar-refractivity contribution in [2.24, 2.45) is 0 Å². The third kappa shape index (κ3) is 4.20. The number of rotatable bonds is 6. The Morgan fingerprint density at radius 2 is 1.92 bits per heavy atom. The lowest BCUT2D eigenvalue weighted by molar-refractivity contribution is -0.119. The summed E-state index contributed by atoms with van der Waals surface area (Å²) in [6.45, 7) is 0.0367. The number of nitrogens with one attached hydrogen (secondary N) is 1. The summed E-state index contributed by atoms with van der Waals surface area (Å²) < 4.78 is 35.7. The van der Waals surface area contributed by atoms with Crippen LogP contribution in [0.2, 0.25) is 5.02 Å². The van der Waals surface area contributed by atoms with E-state index in [0.717, 1.165) is 16.1 Å². The van der Waals surface area contributed by atoms with Crippen LogP contribution in [-0.2, 0) is 21.4 Å². The van der Waals surface area contributed by atoms with E-state index in [4.69, 9.17) is 21.1 Å². The number of nitrogens with zero attached hydrogens (tertiary/aromatic N) is 1. The number of hydrogen-bond acceptors (Lipinski definition) is 5. The highest BCUT2D eigenvalue weighted by atomic mass is 35.5. The van der Waals surface area contributed by atoms with E-state index in [-0.39, 0.29) is 30.6 Å². The van der Waals surface area contributed by atoms with Gasteiger partial charge in [0.25, 0.3) is 0 Å². The molecule has 7 nitrogen and oxygen atoms in total. The van der Waals surface area contributed by atoms with Crippen molar-refractivity contribution in [1.82, 2.24) is 5.32 Å². The van der Waals surface area contributed by atoms with Gasteiger partial charge in [0.1, 0.15) is 6.54 Å². The first-order valence-electron chi connectivity index (χ1n) is 7.72. The number of hydrogen-bond donors (Lipinski definition) is 1. The molecule has 0 bridgehead atoms. The maximum atomic E-state index is 12.3. The Morgan fingerprint density at radius 1 is 1.19 bits per heavy atom. The second-order valence-corrected chi connectivity index (χ2v) is 8.00. The molecule has 0 fully saturated rings. The smallest absolute Gasteiger partial charge is 0.241 e. The minimum absolute atomic E-state index is 0.173. The van der Waals surface area contributed by atoms with Gasteiger partial charge in [-0.05, 0) is 29.8 Å². The molecule has 138 valence electrons. The maximum Gasteiger partial charge on any atom is 0.241 e. The van der Waals surface area contributed by atoms with Crippen molar-refractivity contribution in [3.63, 3.8) is 0 Å². The van der Waals surface area contributed by atoms with E-state index in [1.165, 1.54) is 0 Å². The highest BCUT2D eigenvalue weighted by molar-refractivity contribution is 7.92. The van der Waals surface area contributed by atoms with Crippen molar-refractivity contribution in [3.8, 4) is 11.5 Å². The van der Waals surface area contributed by atoms with Crippen LogP contribution < -0.4 is 19.1 Å². The molecule has 1 aliphatic rings. The Balaban J connectivity index is 1.68. The van der Waals surface area contributed by atoms with Crippen LogP contribution in [0.1, 0.15) is 5.56 Å². The van der Waals surface area contributed by atoms with Crippen molar-refractivity contribution in [3.05, 3.63) is 53.1 Å². The Bertz CT molecular complexity index is 933. The van der Waals surface area contributed by atoms with Gasteiger partial charge in [0, 0.05) is 6.54 Å². The van der Waals surface area contributed by atoms with Gasteiger partial charge < -0.3 is 14.8 Å². The van der Waals surface area contributed by atoms with Crippen molar-refractivity contribution < 1.29 is 22.7 Å². The number of amides is 1. The summed E-state index contributed by atoms with van der Waals surface area (Å²) in [5.74, 6) is 0.820. The zero-order valence-corrected chi connectivity index (χ0v) is 15.5. The number of fused-ring (bicyclic) bond motifs is 1. The molecular formula is C17H17ClN2O5S. The largest absolute Gasteiger partial charge is 0.454 e. The molecule has 0 radical (unpaired) electrons. The SMILES string of the molecule is CS(=O)(=O)N(CC(=O)NCc1ccc2c(c1)OCO2)c1ccccc1Cl. The minimum Gasteiger partial charge on any atom is -0.454 e. The van der Waals surface area contributed by atoms with Gasteiger partial charge in [0.15, 0.2) is 11.5 Å². The summed E-state index contributed by atoms with van der Waals surface area (Å²) in [4.78, 5) is 12.3. The minimum atomic E-state index is -3.67. The van der Waals surface area contributed by atoms with Crippen LogP contribution in [0.4, 0.5) is 5.69 Å². The lowest BCUT2D eigenvalue weighted by Gasteiger charge is -2.22. The van der Waals surface area contributed by atoms with Gasteiger partial charge in [-0.1, -0.05) is 29.8 Å². The molecule has 0 saturated heterocycles. The van der Waals surface area contributed by atoms with Gasteiger partial charge in [0.2, 0.25) is 22.7 Å². The molecule has 0 spiro atoms. The number of sulfonamides is 1. The summed E-state index contributed by atoms with van der Waals surface area (Å²) in [5, 5.41) is 2.95. The predicted octanol–water partition coefficient (Wildman–Crippen LogP) is 2.15. The van der Waals surface area contributed by atoms with Crippen molar-refractivity contribution in [1.29, 1.82) is 0 Å². The number of para-hydroxylation sites is 1. The molecule has 0 aromatic heterocycles. The van der Waals surface area contributed by atoms with Crippen LogP contribution in [0.15, 0.2) is 42.5 Å². The standard InChI is InChI=1S/C17H17ClN2O5S/c1-26(22,23)20(14-5-3-2-4-13(14)18)10-17(21)19-9-12-6-7-15-16(8-12)25-11-24-15/h2-8H,9-11H2,1H3,(H,19,21). The molecule has 0 atom stereocenters. The van der Waals surface area contributed by atoms with Crippen LogP contribution in [0, 0.1) is 0 Å². The number of benzene rings is 2. The molecule has 0 unspecified atom stereocenters. The normalized spacial score (nSPS) is 12.7. The first kappa shape index (κ1) is 18.3. The van der Waals surface area contributed by atoms with E-state index in [2.05, 4.69) is 5.32 Å². The Labute approximate surface area is 156 Å². The molecule has 26 heavy (non-hydrogen) atoms. The monoisotopic (exact) mass is 396 g/mol. The first-order valence-corrected chi connectivity index (χ1v) is 9.95. The van der Waals surface area contributed by atoms with Crippen LogP contribution in [-0.4, -0.2) is 33.9 Å². The van der Waals surface area contributed by atoms with Crippen LogP contribution in [0.25, 0.3) is 0 Å². The van der Waals surface area contributed by atoms with Gasteiger partial charge in [-0.25, -0.2) is 8.42 Å². The Kier molecular flexibility index (Phi) is 5.24. The van der Waals surface area contributed by atoms with E-state index < -0.39 is 15.9 Å². The number of anilines is 1. The van der Waals surface area contributed by atoms with Crippen molar-refractivity contribution in [2.45, 2.75) is 6.54 Å². The van der Waals surface area contributed by atoms with Gasteiger partial charge in [0.05, 0.1) is 17.0 Å². The van der Waals surface area contributed by atoms with Gasteiger partial charge in [-0.2, -0.15) is 0 Å². The molecule has 1 N–H and O–H groups in total. The van der Waals surface area contributed by atoms with Crippen molar-refractivity contribution >= 4 is 33.2 Å². The highest BCUT2D eigenvalue weighted by Gasteiger charge is 2.22. The number of carbonyl (C=O) groups is 1. The lowest BCUT2D eigenvalue weighted by atomic mass is 10.2. The molecule has 2 aromatic rings. The summed E-state index contributed by atoms with van der Waals surface area (Å²) in [7, 11) is -3.67. The highest BCUT2D eigenvalue weighted by Crippen LogP contribution is 2.32. The zero-order valence-electron chi connectivity index (χ0n) is 13.9. The molecule has 9 heteroatoms. The fraction of sp³-hybridized carbons (Fsp3) is 0.235. The summed E-state index contributed by atoms with van der Waals surface area (Å²) in [6, 6.07) is 11.8. The molecule has 1 amide bonds. The first-order chi connectivity index (χ1) is 12.3. The topological polar surface area (TPSA) is 84.9 Å². The van der Waals surface area contributed by atoms with Crippen LogP contribution >= 0.6 is 11.6 Å². The number of ether oxygens (including phenoxy) is 2. The average molecular weight is 397 g/mol. The molecule has 0 aliphatic carbocycles. The van der Waals surface area contributed by atoms with E-state index in [1.807, 2.05) is 0 Å². The van der Waals surface area contributed by atoms with Crippen LogP contribution in [0.5, 0.6) is 11.5 Å². The van der Waals surface area contributed by atoms with Crippen molar-refractivity contribution in [2.75, 3.05) is 23.9 Å². The fourth-order valence-corrected chi connectivity index (χ4v) is 3.63. The zero-order chi connectivity index (χ0) is 18.7. The van der Waals surface area contributed by atoms with Crippen LogP contribution in [0.3, 0.4) is 0 Å². The maximum absolute atomic E-state index is 12.3. The predicted molar refractivity (Wildman–Crippen MR) is 98.1 cm³/mol. The number of carbonyl (C=O) groups excluding carboxylic acids is 1. The van der Waals surface area contributed by atoms with E-state index in [0.29, 0.717) is 11.5 Å². The average Bonchev–Trinajstić information content (AvgIpc) is 3.05. The van der Waals surface area contributed by atoms with Gasteiger partial charge in [-0.15, -0.1) is 0 Å². The molecule has 0 saturated carbocycles. The van der Waals surface area contributed by atoms with E-state index in [9.17, 15) is 13.2 Å². The second-order valence-electron chi connectivity index (χ2n) is 5.69. The molecule has 2 aromatic carbocycles. The molecule has 1 heterocycles. The third-order valence-electron chi connectivity index (χ3n) is 3.74. The second kappa shape index (κ2) is 7.43. The van der Waals surface area contributed by atoms with E-state index in [1.54, 1.807) is 42.5 Å². The summed E-state index contributed by atoms with van der Waals surface area (Å²) in [6.07, 6.45) is 1.03. The number of halogens is 1. The van der Waals surface area contributed by atoms with Gasteiger partial charge in [-0.3, -0.25) is 9.10 Å².